The van der Waals surface area contributed by atoms with Crippen LogP contribution in [0.25, 0.3) is 6.08 Å². The first-order chi connectivity index (χ1) is 8.08. The number of aliphatic carboxylic acids is 1. The first-order valence-electron chi connectivity index (χ1n) is 4.65. The zero-order valence-electron chi connectivity index (χ0n) is 8.72. The molecule has 0 spiro atoms. The third-order valence-electron chi connectivity index (χ3n) is 1.64. The van der Waals surface area contributed by atoms with Crippen LogP contribution in [0, 0.1) is 0 Å². The van der Waals surface area contributed by atoms with Gasteiger partial charge in [-0.25, -0.2) is 10.3 Å². The minimum Gasteiger partial charge on any atom is -0.479 e. The number of rotatable bonds is 5. The van der Waals surface area contributed by atoms with Crippen molar-refractivity contribution < 1.29 is 19.5 Å². The van der Waals surface area contributed by atoms with Gasteiger partial charge in [0.2, 0.25) is 0 Å². The molecule has 0 aromatic heterocycles. The third-order valence-corrected chi connectivity index (χ3v) is 2.14. The Hall–Kier alpha value is -1.66. The van der Waals surface area contributed by atoms with Crippen LogP contribution in [-0.2, 0) is 14.4 Å². The SMILES string of the molecule is O=C(O)CONC(=O)C=Cc1cccc(Br)c1. The van der Waals surface area contributed by atoms with Crippen molar-refractivity contribution in [3.05, 3.63) is 40.4 Å². The second kappa shape index (κ2) is 6.82. The van der Waals surface area contributed by atoms with Gasteiger partial charge in [0.05, 0.1) is 0 Å². The number of nitrogens with one attached hydrogen (secondary N) is 1. The number of amides is 1. The van der Waals surface area contributed by atoms with E-state index in [1.807, 2.05) is 29.7 Å². The van der Waals surface area contributed by atoms with Crippen molar-refractivity contribution in [3.8, 4) is 0 Å². The molecule has 0 radical (unpaired) electrons. The Balaban J connectivity index is 2.43. The highest BCUT2D eigenvalue weighted by Crippen LogP contribution is 2.12. The predicted molar refractivity (Wildman–Crippen MR) is 64.9 cm³/mol. The molecule has 17 heavy (non-hydrogen) atoms. The summed E-state index contributed by atoms with van der Waals surface area (Å²) in [6.07, 6.45) is 2.84. The second-order valence-corrected chi connectivity index (χ2v) is 3.95. The normalized spacial score (nSPS) is 10.4. The van der Waals surface area contributed by atoms with Gasteiger partial charge in [0.1, 0.15) is 0 Å². The molecule has 0 aliphatic carbocycles. The first-order valence-corrected chi connectivity index (χ1v) is 5.44. The lowest BCUT2D eigenvalue weighted by atomic mass is 10.2. The van der Waals surface area contributed by atoms with Crippen molar-refractivity contribution in [3.63, 3.8) is 0 Å². The van der Waals surface area contributed by atoms with E-state index < -0.39 is 18.5 Å². The van der Waals surface area contributed by atoms with E-state index in [1.165, 1.54) is 6.08 Å². The van der Waals surface area contributed by atoms with E-state index in [0.717, 1.165) is 10.0 Å². The molecule has 5 nitrogen and oxygen atoms in total. The van der Waals surface area contributed by atoms with Gasteiger partial charge in [0.25, 0.3) is 5.91 Å². The minimum absolute atomic E-state index is 0.522. The molecule has 6 heteroatoms. The smallest absolute Gasteiger partial charge is 0.332 e. The van der Waals surface area contributed by atoms with Crippen LogP contribution >= 0.6 is 15.9 Å². The Labute approximate surface area is 106 Å². The lowest BCUT2D eigenvalue weighted by molar-refractivity contribution is -0.147. The van der Waals surface area contributed by atoms with Crippen LogP contribution in [0.15, 0.2) is 34.8 Å². The van der Waals surface area contributed by atoms with Gasteiger partial charge in [-0.1, -0.05) is 28.1 Å². The van der Waals surface area contributed by atoms with Gasteiger partial charge < -0.3 is 5.11 Å². The number of carboxylic acid groups (broad SMARTS) is 1. The highest BCUT2D eigenvalue weighted by Gasteiger charge is 1.99. The van der Waals surface area contributed by atoms with Crippen molar-refractivity contribution in [2.75, 3.05) is 6.61 Å². The average Bonchev–Trinajstić information content (AvgIpc) is 2.26. The molecule has 1 amide bonds. The quantitative estimate of drug-likeness (QED) is 0.639. The number of carbonyl (C=O) groups excluding carboxylic acids is 1. The zero-order valence-corrected chi connectivity index (χ0v) is 10.3. The Bertz CT molecular complexity index is 445. The summed E-state index contributed by atoms with van der Waals surface area (Å²) < 4.78 is 0.905. The van der Waals surface area contributed by atoms with E-state index in [9.17, 15) is 9.59 Å². The van der Waals surface area contributed by atoms with Crippen molar-refractivity contribution in [1.29, 1.82) is 0 Å². The van der Waals surface area contributed by atoms with Crippen LogP contribution in [0.1, 0.15) is 5.56 Å². The van der Waals surface area contributed by atoms with Crippen LogP contribution in [-0.4, -0.2) is 23.6 Å². The molecular weight excluding hydrogens is 290 g/mol. The molecule has 90 valence electrons. The highest BCUT2D eigenvalue weighted by atomic mass is 79.9. The maximum absolute atomic E-state index is 11.2. The molecule has 2 N–H and O–H groups in total. The van der Waals surface area contributed by atoms with E-state index in [1.54, 1.807) is 6.08 Å². The Morgan fingerprint density at radius 2 is 2.24 bits per heavy atom. The van der Waals surface area contributed by atoms with E-state index in [2.05, 4.69) is 20.8 Å². The third kappa shape index (κ3) is 5.84. The van der Waals surface area contributed by atoms with Crippen LogP contribution < -0.4 is 5.48 Å². The summed E-state index contributed by atoms with van der Waals surface area (Å²) in [4.78, 5) is 25.7. The van der Waals surface area contributed by atoms with Gasteiger partial charge in [0.15, 0.2) is 6.61 Å². The molecular formula is C11H10BrNO4. The van der Waals surface area contributed by atoms with E-state index in [-0.39, 0.29) is 0 Å². The molecule has 0 saturated carbocycles. The van der Waals surface area contributed by atoms with Crippen molar-refractivity contribution in [2.45, 2.75) is 0 Å². The number of hydrogen-bond acceptors (Lipinski definition) is 3. The number of carboxylic acids is 1. The minimum atomic E-state index is -1.15. The standard InChI is InChI=1S/C11H10BrNO4/c12-9-3-1-2-8(6-9)4-5-10(14)13-17-7-11(15)16/h1-6H,7H2,(H,13,14)(H,15,16). The summed E-state index contributed by atoms with van der Waals surface area (Å²) in [5.41, 5.74) is 2.82. The lowest BCUT2D eigenvalue weighted by Crippen LogP contribution is -2.24. The Kier molecular flexibility index (Phi) is 5.38. The number of hydroxylamine groups is 1. The van der Waals surface area contributed by atoms with Crippen molar-refractivity contribution in [2.24, 2.45) is 0 Å². The number of benzene rings is 1. The highest BCUT2D eigenvalue weighted by molar-refractivity contribution is 9.10. The largest absolute Gasteiger partial charge is 0.479 e. The predicted octanol–water partition coefficient (Wildman–Crippen LogP) is 1.59. The second-order valence-electron chi connectivity index (χ2n) is 3.04. The van der Waals surface area contributed by atoms with Gasteiger partial charge in [-0.15, -0.1) is 0 Å². The molecule has 0 saturated heterocycles. The van der Waals surface area contributed by atoms with Crippen LogP contribution in [0.5, 0.6) is 0 Å². The van der Waals surface area contributed by atoms with E-state index in [0.29, 0.717) is 0 Å². The summed E-state index contributed by atoms with van der Waals surface area (Å²) in [6, 6.07) is 7.37. The summed E-state index contributed by atoms with van der Waals surface area (Å²) in [6.45, 7) is -0.573. The topological polar surface area (TPSA) is 75.6 Å². The van der Waals surface area contributed by atoms with E-state index in [4.69, 9.17) is 5.11 Å². The molecule has 1 rings (SSSR count). The van der Waals surface area contributed by atoms with Gasteiger partial charge in [-0.2, -0.15) is 0 Å². The van der Waals surface area contributed by atoms with Crippen LogP contribution in [0.3, 0.4) is 0 Å². The first kappa shape index (κ1) is 13.4. The molecule has 0 aliphatic rings. The maximum atomic E-state index is 11.2. The summed E-state index contributed by atoms with van der Waals surface area (Å²) >= 11 is 3.30. The summed E-state index contributed by atoms with van der Waals surface area (Å²) in [7, 11) is 0. The Morgan fingerprint density at radius 1 is 1.47 bits per heavy atom. The molecule has 0 heterocycles. The van der Waals surface area contributed by atoms with Crippen LogP contribution in [0.4, 0.5) is 0 Å². The zero-order chi connectivity index (χ0) is 12.7. The van der Waals surface area contributed by atoms with Crippen molar-refractivity contribution in [1.82, 2.24) is 5.48 Å². The lowest BCUT2D eigenvalue weighted by Gasteiger charge is -1.99. The van der Waals surface area contributed by atoms with E-state index >= 15 is 0 Å². The van der Waals surface area contributed by atoms with Gasteiger partial charge in [-0.3, -0.25) is 9.63 Å². The van der Waals surface area contributed by atoms with Crippen molar-refractivity contribution >= 4 is 33.9 Å². The molecule has 1 aromatic rings. The molecule has 0 fully saturated rings. The molecule has 0 aliphatic heterocycles. The Morgan fingerprint density at radius 3 is 2.88 bits per heavy atom. The average molecular weight is 300 g/mol. The fraction of sp³-hybridized carbons (Fsp3) is 0.0909. The number of hydrogen-bond donors (Lipinski definition) is 2. The summed E-state index contributed by atoms with van der Waals surface area (Å²) in [5, 5.41) is 8.27. The molecule has 0 unspecified atom stereocenters. The van der Waals surface area contributed by atoms with Gasteiger partial charge in [-0.05, 0) is 23.8 Å². The number of carbonyl (C=O) groups is 2. The van der Waals surface area contributed by atoms with Gasteiger partial charge >= 0.3 is 5.97 Å². The summed E-state index contributed by atoms with van der Waals surface area (Å²) in [5.74, 6) is -1.67. The fourth-order valence-corrected chi connectivity index (χ4v) is 1.40. The molecule has 0 atom stereocenters. The molecule has 1 aromatic carbocycles. The maximum Gasteiger partial charge on any atom is 0.332 e. The number of halogens is 1. The van der Waals surface area contributed by atoms with Crippen LogP contribution in [0.2, 0.25) is 0 Å². The monoisotopic (exact) mass is 299 g/mol. The van der Waals surface area contributed by atoms with Gasteiger partial charge in [0, 0.05) is 10.5 Å². The molecule has 0 bridgehead atoms. The fourth-order valence-electron chi connectivity index (χ4n) is 0.985.